The zero-order valence-electron chi connectivity index (χ0n) is 19.6. The Morgan fingerprint density at radius 3 is 2.94 bits per heavy atom. The van der Waals surface area contributed by atoms with Crippen LogP contribution in [0.2, 0.25) is 5.02 Å². The number of hydrogen-bond acceptors (Lipinski definition) is 8. The van der Waals surface area contributed by atoms with Gasteiger partial charge in [-0.25, -0.2) is 15.0 Å². The largest absolute Gasteiger partial charge is 0.486 e. The molecule has 1 atom stereocenters. The molecule has 0 bridgehead atoms. The molecule has 11 heteroatoms. The second-order valence-corrected chi connectivity index (χ2v) is 8.67. The number of ether oxygens (including phenoxy) is 2. The van der Waals surface area contributed by atoms with Gasteiger partial charge in [0.25, 0.3) is 0 Å². The van der Waals surface area contributed by atoms with E-state index >= 15 is 0 Å². The summed E-state index contributed by atoms with van der Waals surface area (Å²) in [4.78, 5) is 26.9. The molecule has 0 radical (unpaired) electrons. The fourth-order valence-corrected chi connectivity index (χ4v) is 4.17. The number of fused-ring (bicyclic) bond motifs is 1. The van der Waals surface area contributed by atoms with E-state index in [9.17, 15) is 4.79 Å². The summed E-state index contributed by atoms with van der Waals surface area (Å²) in [5, 5.41) is 7.85. The lowest BCUT2D eigenvalue weighted by Gasteiger charge is -2.16. The number of likely N-dealkylation sites (tertiary alicyclic amines) is 1. The Labute approximate surface area is 212 Å². The van der Waals surface area contributed by atoms with Gasteiger partial charge in [-0.05, 0) is 36.4 Å². The van der Waals surface area contributed by atoms with Crippen molar-refractivity contribution in [3.63, 3.8) is 0 Å². The van der Waals surface area contributed by atoms with Crippen LogP contribution >= 0.6 is 11.6 Å². The van der Waals surface area contributed by atoms with E-state index in [-0.39, 0.29) is 12.0 Å². The molecule has 1 fully saturated rings. The summed E-state index contributed by atoms with van der Waals surface area (Å²) in [6.45, 7) is 5.02. The number of rotatable bonds is 8. The fourth-order valence-electron chi connectivity index (χ4n) is 3.93. The number of halogens is 1. The van der Waals surface area contributed by atoms with Crippen molar-refractivity contribution in [3.05, 3.63) is 72.3 Å². The highest BCUT2D eigenvalue weighted by Crippen LogP contribution is 2.31. The molecule has 4 heterocycles. The third-order valence-electron chi connectivity index (χ3n) is 5.87. The van der Waals surface area contributed by atoms with E-state index in [4.69, 9.17) is 21.1 Å². The number of benzene rings is 1. The Morgan fingerprint density at radius 1 is 1.28 bits per heavy atom. The van der Waals surface area contributed by atoms with Gasteiger partial charge in [0.05, 0.1) is 22.8 Å². The van der Waals surface area contributed by atoms with Gasteiger partial charge in [0.15, 0.2) is 5.82 Å². The van der Waals surface area contributed by atoms with Crippen molar-refractivity contribution >= 4 is 40.0 Å². The van der Waals surface area contributed by atoms with E-state index in [0.717, 1.165) is 17.8 Å². The summed E-state index contributed by atoms with van der Waals surface area (Å²) in [6, 6.07) is 10.9. The SMILES string of the molecule is C=CC(=O)N1CCC(Oc2ccc3ncnc(Nc4ccc(OCc5ccnn5C)c(Cl)c4)c3n2)C1. The van der Waals surface area contributed by atoms with Crippen molar-refractivity contribution in [2.45, 2.75) is 19.1 Å². The molecule has 4 aromatic rings. The van der Waals surface area contributed by atoms with E-state index in [1.807, 2.05) is 25.2 Å². The first kappa shape index (κ1) is 23.6. The molecule has 0 spiro atoms. The Kier molecular flexibility index (Phi) is 6.68. The molecule has 10 nitrogen and oxygen atoms in total. The summed E-state index contributed by atoms with van der Waals surface area (Å²) in [7, 11) is 1.86. The lowest BCUT2D eigenvalue weighted by atomic mass is 10.2. The molecule has 1 unspecified atom stereocenters. The number of hydrogen-bond donors (Lipinski definition) is 1. The van der Waals surface area contributed by atoms with Gasteiger partial charge in [-0.2, -0.15) is 5.10 Å². The number of anilines is 2. The first-order chi connectivity index (χ1) is 17.5. The molecule has 1 amide bonds. The summed E-state index contributed by atoms with van der Waals surface area (Å²) < 4.78 is 13.6. The maximum atomic E-state index is 11.8. The molecule has 1 N–H and O–H groups in total. The molecule has 0 saturated carbocycles. The van der Waals surface area contributed by atoms with Gasteiger partial charge >= 0.3 is 0 Å². The molecule has 184 valence electrons. The van der Waals surface area contributed by atoms with E-state index in [1.165, 1.54) is 12.4 Å². The number of nitrogens with zero attached hydrogens (tertiary/aromatic N) is 6. The van der Waals surface area contributed by atoms with Gasteiger partial charge in [-0.3, -0.25) is 9.48 Å². The van der Waals surface area contributed by atoms with Crippen LogP contribution < -0.4 is 14.8 Å². The van der Waals surface area contributed by atoms with Crippen molar-refractivity contribution in [1.29, 1.82) is 0 Å². The van der Waals surface area contributed by atoms with Gasteiger partial charge in [0.2, 0.25) is 11.8 Å². The monoisotopic (exact) mass is 505 g/mol. The molecular formula is C25H24ClN7O3. The summed E-state index contributed by atoms with van der Waals surface area (Å²) in [5.41, 5.74) is 2.87. The average Bonchev–Trinajstić information content (AvgIpc) is 3.52. The van der Waals surface area contributed by atoms with Crippen LogP contribution in [0.3, 0.4) is 0 Å². The Morgan fingerprint density at radius 2 is 2.17 bits per heavy atom. The zero-order valence-corrected chi connectivity index (χ0v) is 20.4. The number of pyridine rings is 1. The highest BCUT2D eigenvalue weighted by molar-refractivity contribution is 6.32. The van der Waals surface area contributed by atoms with E-state index < -0.39 is 0 Å². The predicted octanol–water partition coefficient (Wildman–Crippen LogP) is 3.90. The lowest BCUT2D eigenvalue weighted by Crippen LogP contribution is -2.29. The summed E-state index contributed by atoms with van der Waals surface area (Å²) in [5.74, 6) is 1.42. The minimum atomic E-state index is -0.141. The molecule has 5 rings (SSSR count). The molecule has 3 aromatic heterocycles. The molecule has 0 aliphatic carbocycles. The van der Waals surface area contributed by atoms with Crippen molar-refractivity contribution in [2.24, 2.45) is 7.05 Å². The van der Waals surface area contributed by atoms with Gasteiger partial charge < -0.3 is 19.7 Å². The number of amides is 1. The smallest absolute Gasteiger partial charge is 0.246 e. The van der Waals surface area contributed by atoms with Crippen molar-refractivity contribution < 1.29 is 14.3 Å². The Bertz CT molecular complexity index is 1420. The third-order valence-corrected chi connectivity index (χ3v) is 6.16. The second kappa shape index (κ2) is 10.2. The molecule has 1 saturated heterocycles. The first-order valence-corrected chi connectivity index (χ1v) is 11.7. The number of aromatic nitrogens is 5. The normalized spacial score (nSPS) is 15.2. The van der Waals surface area contributed by atoms with Gasteiger partial charge in [0.1, 0.15) is 30.3 Å². The predicted molar refractivity (Wildman–Crippen MR) is 135 cm³/mol. The average molecular weight is 506 g/mol. The molecule has 1 aromatic carbocycles. The highest BCUT2D eigenvalue weighted by atomic mass is 35.5. The number of carbonyl (C=O) groups is 1. The van der Waals surface area contributed by atoms with E-state index in [1.54, 1.807) is 34.0 Å². The van der Waals surface area contributed by atoms with Crippen LogP contribution in [0.1, 0.15) is 12.1 Å². The van der Waals surface area contributed by atoms with Crippen LogP contribution in [0, 0.1) is 0 Å². The zero-order chi connectivity index (χ0) is 25.1. The van der Waals surface area contributed by atoms with Crippen molar-refractivity contribution in [1.82, 2.24) is 29.6 Å². The van der Waals surface area contributed by atoms with E-state index in [2.05, 4.69) is 31.9 Å². The van der Waals surface area contributed by atoms with Gasteiger partial charge in [-0.1, -0.05) is 18.2 Å². The second-order valence-electron chi connectivity index (χ2n) is 8.26. The van der Waals surface area contributed by atoms with Gasteiger partial charge in [-0.15, -0.1) is 0 Å². The maximum absolute atomic E-state index is 11.8. The van der Waals surface area contributed by atoms with Crippen molar-refractivity contribution in [2.75, 3.05) is 18.4 Å². The molecule has 1 aliphatic rings. The third kappa shape index (κ3) is 5.08. The fraction of sp³-hybridized carbons (Fsp3) is 0.240. The van der Waals surface area contributed by atoms with Crippen LogP contribution in [-0.4, -0.2) is 54.7 Å². The van der Waals surface area contributed by atoms with Crippen LogP contribution in [0.5, 0.6) is 11.6 Å². The maximum Gasteiger partial charge on any atom is 0.246 e. The lowest BCUT2D eigenvalue weighted by molar-refractivity contribution is -0.125. The topological polar surface area (TPSA) is 107 Å². The number of carbonyl (C=O) groups excluding carboxylic acids is 1. The van der Waals surface area contributed by atoms with Gasteiger partial charge in [0, 0.05) is 38.0 Å². The number of aryl methyl sites for hydroxylation is 1. The highest BCUT2D eigenvalue weighted by Gasteiger charge is 2.26. The minimum absolute atomic E-state index is 0.0977. The molecule has 36 heavy (non-hydrogen) atoms. The van der Waals surface area contributed by atoms with Crippen LogP contribution in [0.4, 0.5) is 11.5 Å². The van der Waals surface area contributed by atoms with Crippen molar-refractivity contribution in [3.8, 4) is 11.6 Å². The summed E-state index contributed by atoms with van der Waals surface area (Å²) in [6.07, 6.45) is 5.09. The Hall–Kier alpha value is -4.18. The first-order valence-electron chi connectivity index (χ1n) is 11.4. The van der Waals surface area contributed by atoms with Crippen LogP contribution in [-0.2, 0) is 18.4 Å². The quantitative estimate of drug-likeness (QED) is 0.359. The Balaban J connectivity index is 1.30. The standard InChI is InChI=1S/C25H24ClN7O3/c1-3-23(34)33-11-9-18(13-33)36-22-7-5-20-24(31-22)25(28-15-27-20)30-16-4-6-21(19(26)12-16)35-14-17-8-10-29-32(17)2/h3-8,10,12,15,18H,1,9,11,13-14H2,2H3,(H,27,28,30). The van der Waals surface area contributed by atoms with Crippen LogP contribution in [0.25, 0.3) is 11.0 Å². The number of nitrogens with one attached hydrogen (secondary N) is 1. The molecular weight excluding hydrogens is 482 g/mol. The van der Waals surface area contributed by atoms with Crippen LogP contribution in [0.15, 0.2) is 61.6 Å². The summed E-state index contributed by atoms with van der Waals surface area (Å²) >= 11 is 6.47. The molecule has 1 aliphatic heterocycles. The van der Waals surface area contributed by atoms with E-state index in [0.29, 0.717) is 53.2 Å². The minimum Gasteiger partial charge on any atom is -0.486 e.